The predicted octanol–water partition coefficient (Wildman–Crippen LogP) is 2.06. The van der Waals surface area contributed by atoms with E-state index >= 15 is 0 Å². The molecular weight excluding hydrogens is 310 g/mol. The highest BCUT2D eigenvalue weighted by atomic mass is 79.9. The minimum Gasteiger partial charge on any atom is -0.493 e. The number of hydrazone groups is 1. The predicted molar refractivity (Wildman–Crippen MR) is 76.6 cm³/mol. The van der Waals surface area contributed by atoms with Crippen molar-refractivity contribution in [3.63, 3.8) is 0 Å². The number of rotatable bonds is 2. The number of anilines is 1. The fourth-order valence-corrected chi connectivity index (χ4v) is 2.60. The molecule has 1 saturated heterocycles. The van der Waals surface area contributed by atoms with Gasteiger partial charge in [-0.05, 0) is 46.5 Å². The highest BCUT2D eigenvalue weighted by Crippen LogP contribution is 2.34. The van der Waals surface area contributed by atoms with Crippen molar-refractivity contribution in [3.8, 4) is 5.75 Å². The van der Waals surface area contributed by atoms with Gasteiger partial charge in [-0.1, -0.05) is 0 Å². The number of halogens is 1. The first-order chi connectivity index (χ1) is 9.24. The summed E-state index contributed by atoms with van der Waals surface area (Å²) in [6.45, 7) is 1.46. The first kappa shape index (κ1) is 12.5. The van der Waals surface area contributed by atoms with E-state index in [0.29, 0.717) is 12.1 Å². The quantitative estimate of drug-likeness (QED) is 0.819. The number of piperidine rings is 1. The van der Waals surface area contributed by atoms with E-state index in [2.05, 4.69) is 31.8 Å². The lowest BCUT2D eigenvalue weighted by Gasteiger charge is -2.14. The van der Waals surface area contributed by atoms with Gasteiger partial charge in [0.25, 0.3) is 5.91 Å². The van der Waals surface area contributed by atoms with Gasteiger partial charge in [0.15, 0.2) is 0 Å². The zero-order valence-corrected chi connectivity index (χ0v) is 11.9. The zero-order chi connectivity index (χ0) is 13.2. The molecule has 3 rings (SSSR count). The summed E-state index contributed by atoms with van der Waals surface area (Å²) in [6.07, 6.45) is 2.56. The average Bonchev–Trinajstić information content (AvgIpc) is 2.84. The van der Waals surface area contributed by atoms with Crippen molar-refractivity contribution in [3.05, 3.63) is 22.2 Å². The molecule has 2 heterocycles. The molecule has 100 valence electrons. The van der Waals surface area contributed by atoms with Crippen molar-refractivity contribution >= 4 is 33.2 Å². The topological polar surface area (TPSA) is 62.7 Å². The number of fused-ring (bicyclic) bond motifs is 1. The minimum atomic E-state index is -0.0839. The molecule has 0 saturated carbocycles. The number of ether oxygens (including phenoxy) is 1. The summed E-state index contributed by atoms with van der Waals surface area (Å²) in [5.41, 5.74) is 5.54. The standard InChI is InChI=1S/C13H14BrN3O2/c14-9-7-12-8(3-5-19-12)6-11(9)17-16-10-2-1-4-15-13(10)18/h6-7,17H,1-5H2,(H,15,18)/b16-10-. The summed E-state index contributed by atoms with van der Waals surface area (Å²) < 4.78 is 6.37. The van der Waals surface area contributed by atoms with Gasteiger partial charge in [-0.15, -0.1) is 0 Å². The Bertz CT molecular complexity index is 557. The molecule has 5 nitrogen and oxygen atoms in total. The van der Waals surface area contributed by atoms with Crippen LogP contribution in [0.2, 0.25) is 0 Å². The average molecular weight is 324 g/mol. The third-order valence-electron chi connectivity index (χ3n) is 3.23. The second-order valence-corrected chi connectivity index (χ2v) is 5.42. The second-order valence-electron chi connectivity index (χ2n) is 4.57. The molecule has 1 aromatic carbocycles. The summed E-state index contributed by atoms with van der Waals surface area (Å²) in [6, 6.07) is 3.95. The second kappa shape index (κ2) is 5.21. The fourth-order valence-electron chi connectivity index (χ4n) is 2.19. The number of carbonyl (C=O) groups is 1. The summed E-state index contributed by atoms with van der Waals surface area (Å²) in [5, 5.41) is 6.99. The van der Waals surface area contributed by atoms with Crippen LogP contribution in [0.25, 0.3) is 0 Å². The molecule has 2 aliphatic rings. The van der Waals surface area contributed by atoms with Gasteiger partial charge in [-0.3, -0.25) is 10.2 Å². The Hall–Kier alpha value is -1.56. The van der Waals surface area contributed by atoms with Gasteiger partial charge in [-0.2, -0.15) is 5.10 Å². The van der Waals surface area contributed by atoms with Crippen molar-refractivity contribution in [2.75, 3.05) is 18.6 Å². The molecule has 1 fully saturated rings. The van der Waals surface area contributed by atoms with Gasteiger partial charge >= 0.3 is 0 Å². The first-order valence-electron chi connectivity index (χ1n) is 6.30. The van der Waals surface area contributed by atoms with Crippen LogP contribution in [0.15, 0.2) is 21.7 Å². The minimum absolute atomic E-state index is 0.0839. The van der Waals surface area contributed by atoms with Crippen molar-refractivity contribution in [1.82, 2.24) is 5.32 Å². The molecule has 0 unspecified atom stereocenters. The summed E-state index contributed by atoms with van der Waals surface area (Å²) in [7, 11) is 0. The Morgan fingerprint density at radius 3 is 3.11 bits per heavy atom. The van der Waals surface area contributed by atoms with Crippen LogP contribution in [0.1, 0.15) is 18.4 Å². The van der Waals surface area contributed by atoms with E-state index in [0.717, 1.165) is 41.9 Å². The van der Waals surface area contributed by atoms with Crippen molar-refractivity contribution < 1.29 is 9.53 Å². The molecule has 2 aliphatic heterocycles. The fraction of sp³-hybridized carbons (Fsp3) is 0.385. The SMILES string of the molecule is O=C1NCCC/C1=N/Nc1cc2c(cc1Br)OCC2. The Kier molecular flexibility index (Phi) is 3.42. The summed E-state index contributed by atoms with van der Waals surface area (Å²) >= 11 is 3.48. The number of hydrogen-bond acceptors (Lipinski definition) is 4. The van der Waals surface area contributed by atoms with Crippen molar-refractivity contribution in [1.29, 1.82) is 0 Å². The third-order valence-corrected chi connectivity index (χ3v) is 3.88. The summed E-state index contributed by atoms with van der Waals surface area (Å²) in [4.78, 5) is 11.6. The lowest BCUT2D eigenvalue weighted by atomic mass is 10.1. The number of amides is 1. The van der Waals surface area contributed by atoms with Gasteiger partial charge in [0.2, 0.25) is 0 Å². The molecule has 6 heteroatoms. The van der Waals surface area contributed by atoms with Crippen LogP contribution in [-0.2, 0) is 11.2 Å². The molecule has 0 aromatic heterocycles. The van der Waals surface area contributed by atoms with E-state index < -0.39 is 0 Å². The largest absolute Gasteiger partial charge is 0.493 e. The van der Waals surface area contributed by atoms with Crippen molar-refractivity contribution in [2.24, 2.45) is 5.10 Å². The number of hydrogen-bond donors (Lipinski definition) is 2. The lowest BCUT2D eigenvalue weighted by Crippen LogP contribution is -2.37. The molecule has 0 aliphatic carbocycles. The Morgan fingerprint density at radius 1 is 1.37 bits per heavy atom. The molecule has 0 spiro atoms. The highest BCUT2D eigenvalue weighted by molar-refractivity contribution is 9.10. The number of nitrogens with one attached hydrogen (secondary N) is 2. The first-order valence-corrected chi connectivity index (χ1v) is 7.09. The van der Waals surface area contributed by atoms with Crippen molar-refractivity contribution in [2.45, 2.75) is 19.3 Å². The van der Waals surface area contributed by atoms with Crippen LogP contribution in [0.4, 0.5) is 5.69 Å². The van der Waals surface area contributed by atoms with Gasteiger partial charge < -0.3 is 10.1 Å². The van der Waals surface area contributed by atoms with Gasteiger partial charge in [0.1, 0.15) is 11.5 Å². The van der Waals surface area contributed by atoms with E-state index in [1.165, 1.54) is 5.56 Å². The lowest BCUT2D eigenvalue weighted by molar-refractivity contribution is -0.115. The zero-order valence-electron chi connectivity index (χ0n) is 10.3. The van der Waals surface area contributed by atoms with E-state index in [-0.39, 0.29) is 5.91 Å². The Labute approximate surface area is 119 Å². The van der Waals surface area contributed by atoms with E-state index in [9.17, 15) is 4.79 Å². The summed E-state index contributed by atoms with van der Waals surface area (Å²) in [5.74, 6) is 0.833. The number of carbonyl (C=O) groups excluding carboxylic acids is 1. The smallest absolute Gasteiger partial charge is 0.267 e. The van der Waals surface area contributed by atoms with E-state index in [1.807, 2.05) is 12.1 Å². The van der Waals surface area contributed by atoms with Crippen LogP contribution >= 0.6 is 15.9 Å². The maximum atomic E-state index is 11.6. The normalized spacial score (nSPS) is 19.8. The van der Waals surface area contributed by atoms with E-state index in [4.69, 9.17) is 4.74 Å². The van der Waals surface area contributed by atoms with Gasteiger partial charge in [0, 0.05) is 17.4 Å². The molecular formula is C13H14BrN3O2. The molecule has 0 atom stereocenters. The maximum absolute atomic E-state index is 11.6. The molecule has 0 radical (unpaired) electrons. The number of nitrogens with zero attached hydrogens (tertiary/aromatic N) is 1. The van der Waals surface area contributed by atoms with Crippen LogP contribution in [0, 0.1) is 0 Å². The third kappa shape index (κ3) is 2.58. The van der Waals surface area contributed by atoms with E-state index in [1.54, 1.807) is 0 Å². The Balaban J connectivity index is 1.80. The maximum Gasteiger partial charge on any atom is 0.267 e. The monoisotopic (exact) mass is 323 g/mol. The van der Waals surface area contributed by atoms with Gasteiger partial charge in [-0.25, -0.2) is 0 Å². The molecule has 0 bridgehead atoms. The van der Waals surface area contributed by atoms with Crippen LogP contribution in [0.3, 0.4) is 0 Å². The molecule has 2 N–H and O–H groups in total. The van der Waals surface area contributed by atoms with Crippen LogP contribution in [0.5, 0.6) is 5.75 Å². The number of benzene rings is 1. The molecule has 1 amide bonds. The molecule has 1 aromatic rings. The molecule has 19 heavy (non-hydrogen) atoms. The van der Waals surface area contributed by atoms with Gasteiger partial charge in [0.05, 0.1) is 12.3 Å². The Morgan fingerprint density at radius 2 is 2.26 bits per heavy atom. The van der Waals surface area contributed by atoms with Crippen LogP contribution in [-0.4, -0.2) is 24.8 Å². The highest BCUT2D eigenvalue weighted by Gasteiger charge is 2.17. The van der Waals surface area contributed by atoms with Crippen LogP contribution < -0.4 is 15.5 Å².